The largest absolute Gasteiger partial charge is 0.322 e. The van der Waals surface area contributed by atoms with Gasteiger partial charge in [-0.3, -0.25) is 14.9 Å². The predicted octanol–water partition coefficient (Wildman–Crippen LogP) is 3.88. The molecule has 0 heterocycles. The first kappa shape index (κ1) is 15.1. The van der Waals surface area contributed by atoms with Gasteiger partial charge >= 0.3 is 0 Å². The topological polar surface area (TPSA) is 72.2 Å². The number of nitrogens with zero attached hydrogens (tertiary/aromatic N) is 1. The first-order chi connectivity index (χ1) is 10.0. The van der Waals surface area contributed by atoms with Crippen molar-refractivity contribution < 1.29 is 9.72 Å². The van der Waals surface area contributed by atoms with Crippen LogP contribution in [0.2, 0.25) is 0 Å². The van der Waals surface area contributed by atoms with Gasteiger partial charge in [0.15, 0.2) is 0 Å². The van der Waals surface area contributed by atoms with Gasteiger partial charge in [0, 0.05) is 16.1 Å². The SMILES string of the molecule is CSc1ccc(NC(=O)c2cccc(C)c2[N+](=O)[O-])cc1. The number of nitrogens with one attached hydrogen (secondary N) is 1. The molecule has 0 aliphatic rings. The molecule has 2 aromatic rings. The summed E-state index contributed by atoms with van der Waals surface area (Å²) in [7, 11) is 0. The van der Waals surface area contributed by atoms with Crippen molar-refractivity contribution in [1.29, 1.82) is 0 Å². The smallest absolute Gasteiger partial charge is 0.285 e. The van der Waals surface area contributed by atoms with Crippen LogP contribution in [-0.4, -0.2) is 17.1 Å². The Morgan fingerprint density at radius 1 is 1.19 bits per heavy atom. The van der Waals surface area contributed by atoms with E-state index in [1.807, 2.05) is 18.4 Å². The van der Waals surface area contributed by atoms with Crippen molar-refractivity contribution >= 4 is 29.0 Å². The molecule has 0 atom stereocenters. The van der Waals surface area contributed by atoms with E-state index in [0.29, 0.717) is 11.3 Å². The lowest BCUT2D eigenvalue weighted by molar-refractivity contribution is -0.385. The molecule has 1 amide bonds. The number of anilines is 1. The number of hydrogen-bond acceptors (Lipinski definition) is 4. The second kappa shape index (κ2) is 6.41. The number of carbonyl (C=O) groups is 1. The molecule has 0 aliphatic carbocycles. The number of carbonyl (C=O) groups excluding carboxylic acids is 1. The fourth-order valence-corrected chi connectivity index (χ4v) is 2.37. The number of nitro groups is 1. The summed E-state index contributed by atoms with van der Waals surface area (Å²) < 4.78 is 0. The molecule has 6 heteroatoms. The van der Waals surface area contributed by atoms with Crippen molar-refractivity contribution in [3.8, 4) is 0 Å². The van der Waals surface area contributed by atoms with Crippen molar-refractivity contribution in [3.63, 3.8) is 0 Å². The number of rotatable bonds is 4. The van der Waals surface area contributed by atoms with E-state index in [2.05, 4.69) is 5.32 Å². The molecule has 5 nitrogen and oxygen atoms in total. The third-order valence-corrected chi connectivity index (χ3v) is 3.76. The van der Waals surface area contributed by atoms with Crippen LogP contribution in [0.25, 0.3) is 0 Å². The highest BCUT2D eigenvalue weighted by Crippen LogP contribution is 2.24. The van der Waals surface area contributed by atoms with Crippen LogP contribution in [-0.2, 0) is 0 Å². The highest BCUT2D eigenvalue weighted by molar-refractivity contribution is 7.98. The van der Waals surface area contributed by atoms with Crippen LogP contribution >= 0.6 is 11.8 Å². The Bertz CT molecular complexity index is 684. The van der Waals surface area contributed by atoms with E-state index in [4.69, 9.17) is 0 Å². The van der Waals surface area contributed by atoms with Crippen LogP contribution in [0.5, 0.6) is 0 Å². The monoisotopic (exact) mass is 302 g/mol. The number of nitro benzene ring substituents is 1. The molecule has 0 radical (unpaired) electrons. The third kappa shape index (κ3) is 3.41. The minimum Gasteiger partial charge on any atom is -0.322 e. The Morgan fingerprint density at radius 2 is 1.86 bits per heavy atom. The Hall–Kier alpha value is -2.34. The Labute approximate surface area is 126 Å². The maximum absolute atomic E-state index is 12.2. The van der Waals surface area contributed by atoms with Gasteiger partial charge in [0.25, 0.3) is 11.6 Å². The van der Waals surface area contributed by atoms with E-state index < -0.39 is 10.8 Å². The maximum atomic E-state index is 12.2. The first-order valence-corrected chi connectivity index (χ1v) is 7.45. The van der Waals surface area contributed by atoms with Crippen molar-refractivity contribution in [1.82, 2.24) is 0 Å². The molecule has 108 valence electrons. The summed E-state index contributed by atoms with van der Waals surface area (Å²) in [6, 6.07) is 12.0. The normalized spacial score (nSPS) is 10.2. The van der Waals surface area contributed by atoms with Crippen LogP contribution in [0.15, 0.2) is 47.4 Å². The highest BCUT2D eigenvalue weighted by atomic mass is 32.2. The number of benzene rings is 2. The van der Waals surface area contributed by atoms with E-state index in [9.17, 15) is 14.9 Å². The van der Waals surface area contributed by atoms with E-state index in [1.54, 1.807) is 43.0 Å². The fourth-order valence-electron chi connectivity index (χ4n) is 1.96. The maximum Gasteiger partial charge on any atom is 0.285 e. The van der Waals surface area contributed by atoms with Gasteiger partial charge in [-0.25, -0.2) is 0 Å². The van der Waals surface area contributed by atoms with Gasteiger partial charge in [-0.1, -0.05) is 12.1 Å². The fraction of sp³-hybridized carbons (Fsp3) is 0.133. The molecule has 0 spiro atoms. The van der Waals surface area contributed by atoms with Gasteiger partial charge in [0.05, 0.1) is 4.92 Å². The molecule has 0 fully saturated rings. The van der Waals surface area contributed by atoms with Gasteiger partial charge in [-0.05, 0) is 43.5 Å². The summed E-state index contributed by atoms with van der Waals surface area (Å²) in [5.74, 6) is -0.484. The molecular formula is C15H14N2O3S. The van der Waals surface area contributed by atoms with Crippen LogP contribution in [0.1, 0.15) is 15.9 Å². The summed E-state index contributed by atoms with van der Waals surface area (Å²) in [6.07, 6.45) is 1.96. The number of para-hydroxylation sites is 1. The van der Waals surface area contributed by atoms with E-state index >= 15 is 0 Å². The second-order valence-corrected chi connectivity index (χ2v) is 5.29. The van der Waals surface area contributed by atoms with E-state index in [1.165, 1.54) is 6.07 Å². The highest BCUT2D eigenvalue weighted by Gasteiger charge is 2.22. The van der Waals surface area contributed by atoms with Crippen molar-refractivity contribution in [2.75, 3.05) is 11.6 Å². The van der Waals surface area contributed by atoms with Crippen molar-refractivity contribution in [3.05, 3.63) is 63.7 Å². The molecular weight excluding hydrogens is 288 g/mol. The van der Waals surface area contributed by atoms with Crippen LogP contribution < -0.4 is 5.32 Å². The van der Waals surface area contributed by atoms with Crippen molar-refractivity contribution in [2.24, 2.45) is 0 Å². The Morgan fingerprint density at radius 3 is 2.43 bits per heavy atom. The zero-order valence-corrected chi connectivity index (χ0v) is 12.4. The Balaban J connectivity index is 2.28. The summed E-state index contributed by atoms with van der Waals surface area (Å²) >= 11 is 1.60. The molecule has 0 aromatic heterocycles. The van der Waals surface area contributed by atoms with Gasteiger partial charge in [0.1, 0.15) is 5.56 Å². The second-order valence-electron chi connectivity index (χ2n) is 4.41. The zero-order valence-electron chi connectivity index (χ0n) is 11.6. The predicted molar refractivity (Wildman–Crippen MR) is 84.0 cm³/mol. The lowest BCUT2D eigenvalue weighted by atomic mass is 10.1. The van der Waals surface area contributed by atoms with Crippen LogP contribution in [0, 0.1) is 17.0 Å². The van der Waals surface area contributed by atoms with Gasteiger partial charge in [-0.2, -0.15) is 0 Å². The number of amides is 1. The Kier molecular flexibility index (Phi) is 4.59. The summed E-state index contributed by atoms with van der Waals surface area (Å²) in [5, 5.41) is 13.8. The lowest BCUT2D eigenvalue weighted by Crippen LogP contribution is -2.14. The van der Waals surface area contributed by atoms with Gasteiger partial charge < -0.3 is 5.32 Å². The number of thioether (sulfide) groups is 1. The summed E-state index contributed by atoms with van der Waals surface area (Å²) in [6.45, 7) is 1.61. The quantitative estimate of drug-likeness (QED) is 0.528. The summed E-state index contributed by atoms with van der Waals surface area (Å²) in [5.41, 5.74) is 0.976. The molecule has 1 N–H and O–H groups in total. The zero-order chi connectivity index (χ0) is 15.4. The average molecular weight is 302 g/mol. The molecule has 21 heavy (non-hydrogen) atoms. The number of aryl methyl sites for hydroxylation is 1. The molecule has 2 aromatic carbocycles. The molecule has 0 aliphatic heterocycles. The molecule has 0 saturated heterocycles. The van der Waals surface area contributed by atoms with Crippen LogP contribution in [0.4, 0.5) is 11.4 Å². The first-order valence-electron chi connectivity index (χ1n) is 6.22. The standard InChI is InChI=1S/C15H14N2O3S/c1-10-4-3-5-13(14(10)17(19)20)15(18)16-11-6-8-12(21-2)9-7-11/h3-9H,1-2H3,(H,16,18). The average Bonchev–Trinajstić information content (AvgIpc) is 2.47. The number of hydrogen-bond donors (Lipinski definition) is 1. The van der Waals surface area contributed by atoms with E-state index in [0.717, 1.165) is 4.90 Å². The molecule has 2 rings (SSSR count). The molecule has 0 saturated carbocycles. The van der Waals surface area contributed by atoms with E-state index in [-0.39, 0.29) is 11.3 Å². The minimum absolute atomic E-state index is 0.0638. The van der Waals surface area contributed by atoms with Gasteiger partial charge in [-0.15, -0.1) is 11.8 Å². The van der Waals surface area contributed by atoms with Crippen molar-refractivity contribution in [2.45, 2.75) is 11.8 Å². The van der Waals surface area contributed by atoms with Crippen LogP contribution in [0.3, 0.4) is 0 Å². The van der Waals surface area contributed by atoms with Gasteiger partial charge in [0.2, 0.25) is 0 Å². The third-order valence-electron chi connectivity index (χ3n) is 3.01. The lowest BCUT2D eigenvalue weighted by Gasteiger charge is -2.07. The summed E-state index contributed by atoms with van der Waals surface area (Å²) in [4.78, 5) is 23.9. The molecule has 0 bridgehead atoms. The minimum atomic E-state index is -0.527. The molecule has 0 unspecified atom stereocenters.